The molecule has 0 heterocycles. The molecule has 146 valence electrons. The van der Waals surface area contributed by atoms with E-state index in [1.54, 1.807) is 36.4 Å². The summed E-state index contributed by atoms with van der Waals surface area (Å²) in [7, 11) is -1.16. The van der Waals surface area contributed by atoms with Gasteiger partial charge in [0.05, 0.1) is 24.4 Å². The molecule has 0 aliphatic carbocycles. The first-order valence-corrected chi connectivity index (χ1v) is 10.2. The minimum absolute atomic E-state index is 0.0317. The minimum Gasteiger partial charge on any atom is -0.495 e. The van der Waals surface area contributed by atoms with Crippen molar-refractivity contribution in [3.63, 3.8) is 0 Å². The van der Waals surface area contributed by atoms with Gasteiger partial charge in [0.2, 0.25) is 15.9 Å². The zero-order valence-corrected chi connectivity index (χ0v) is 17.3. The smallest absolute Gasteiger partial charge is 0.246 e. The Bertz CT molecular complexity index is 929. The fourth-order valence-corrected chi connectivity index (χ4v) is 3.96. The number of ether oxygens (including phenoxy) is 1. The molecule has 8 heteroatoms. The van der Waals surface area contributed by atoms with E-state index in [2.05, 4.69) is 5.32 Å². The van der Waals surface area contributed by atoms with Crippen molar-refractivity contribution < 1.29 is 17.9 Å². The Kier molecular flexibility index (Phi) is 6.86. The van der Waals surface area contributed by atoms with Gasteiger partial charge in [-0.15, -0.1) is 0 Å². The number of sulfonamides is 1. The zero-order chi connectivity index (χ0) is 20.2. The molecular weight excluding hydrogens is 388 g/mol. The molecule has 0 aliphatic rings. The van der Waals surface area contributed by atoms with Gasteiger partial charge in [-0.3, -0.25) is 4.79 Å². The van der Waals surface area contributed by atoms with E-state index in [4.69, 9.17) is 16.3 Å². The largest absolute Gasteiger partial charge is 0.495 e. The third kappa shape index (κ3) is 5.00. The van der Waals surface area contributed by atoms with Gasteiger partial charge >= 0.3 is 0 Å². The second kappa shape index (κ2) is 8.73. The summed E-state index contributed by atoms with van der Waals surface area (Å²) in [5.74, 6) is -0.107. The molecule has 6 nitrogen and oxygen atoms in total. The number of hydrogen-bond donors (Lipinski definition) is 1. The normalized spacial score (nSPS) is 11.7. The van der Waals surface area contributed by atoms with Crippen LogP contribution in [0.15, 0.2) is 47.4 Å². The topological polar surface area (TPSA) is 75.7 Å². The number of carbonyl (C=O) groups is 1. The highest BCUT2D eigenvalue weighted by Crippen LogP contribution is 2.30. The Morgan fingerprint density at radius 2 is 1.89 bits per heavy atom. The number of benzene rings is 2. The molecule has 0 fully saturated rings. The zero-order valence-electron chi connectivity index (χ0n) is 15.7. The third-order valence-corrected chi connectivity index (χ3v) is 6.21. The number of halogens is 1. The van der Waals surface area contributed by atoms with Crippen LogP contribution in [0.5, 0.6) is 5.75 Å². The Morgan fingerprint density at radius 1 is 1.22 bits per heavy atom. The van der Waals surface area contributed by atoms with E-state index >= 15 is 0 Å². The van der Waals surface area contributed by atoms with Gasteiger partial charge < -0.3 is 10.1 Å². The van der Waals surface area contributed by atoms with Gasteiger partial charge in [0.25, 0.3) is 0 Å². The standard InChI is InChI=1S/C19H23ClN2O4S/c1-13(2)14-9-10-17(26-4)18(11-14)27(24,25)22(3)12-19(23)21-16-8-6-5-7-15(16)20/h5-11,13H,12H2,1-4H3,(H,21,23). The highest BCUT2D eigenvalue weighted by atomic mass is 35.5. The Hall–Kier alpha value is -2.09. The molecule has 0 bridgehead atoms. The van der Waals surface area contributed by atoms with E-state index in [9.17, 15) is 13.2 Å². The van der Waals surface area contributed by atoms with Crippen molar-refractivity contribution >= 4 is 33.2 Å². The fraction of sp³-hybridized carbons (Fsp3) is 0.316. The molecule has 0 aromatic heterocycles. The highest BCUT2D eigenvalue weighted by molar-refractivity contribution is 7.89. The van der Waals surface area contributed by atoms with Crippen LogP contribution in [-0.2, 0) is 14.8 Å². The predicted octanol–water partition coefficient (Wildman–Crippen LogP) is 3.73. The number of rotatable bonds is 7. The van der Waals surface area contributed by atoms with Gasteiger partial charge in [-0.1, -0.05) is 43.6 Å². The van der Waals surface area contributed by atoms with E-state index in [1.165, 1.54) is 14.2 Å². The van der Waals surface area contributed by atoms with Crippen molar-refractivity contribution in [2.75, 3.05) is 26.0 Å². The third-order valence-electron chi connectivity index (χ3n) is 4.06. The van der Waals surface area contributed by atoms with Crippen LogP contribution in [0.1, 0.15) is 25.3 Å². The SMILES string of the molecule is COc1ccc(C(C)C)cc1S(=O)(=O)N(C)CC(=O)Nc1ccccc1Cl. The van der Waals surface area contributed by atoms with Crippen LogP contribution in [0, 0.1) is 0 Å². The molecule has 27 heavy (non-hydrogen) atoms. The summed E-state index contributed by atoms with van der Waals surface area (Å²) in [6, 6.07) is 11.8. The number of methoxy groups -OCH3 is 1. The van der Waals surface area contributed by atoms with Gasteiger partial charge in [0, 0.05) is 7.05 Å². The number of para-hydroxylation sites is 1. The molecule has 0 atom stereocenters. The van der Waals surface area contributed by atoms with Gasteiger partial charge in [0.1, 0.15) is 10.6 Å². The molecule has 2 aromatic carbocycles. The van der Waals surface area contributed by atoms with Crippen LogP contribution in [0.2, 0.25) is 5.02 Å². The quantitative estimate of drug-likeness (QED) is 0.754. The summed E-state index contributed by atoms with van der Waals surface area (Å²) in [6.07, 6.45) is 0. The summed E-state index contributed by atoms with van der Waals surface area (Å²) in [5.41, 5.74) is 1.29. The molecule has 0 saturated carbocycles. The summed E-state index contributed by atoms with van der Waals surface area (Å²) in [6.45, 7) is 3.58. The number of likely N-dealkylation sites (N-methyl/N-ethyl adjacent to an activating group) is 1. The lowest BCUT2D eigenvalue weighted by molar-refractivity contribution is -0.116. The van der Waals surface area contributed by atoms with Crippen molar-refractivity contribution in [2.45, 2.75) is 24.7 Å². The highest BCUT2D eigenvalue weighted by Gasteiger charge is 2.27. The van der Waals surface area contributed by atoms with Crippen molar-refractivity contribution in [1.82, 2.24) is 4.31 Å². The van der Waals surface area contributed by atoms with E-state index in [0.717, 1.165) is 9.87 Å². The lowest BCUT2D eigenvalue weighted by atomic mass is 10.0. The molecule has 2 aromatic rings. The van der Waals surface area contributed by atoms with Gasteiger partial charge in [-0.2, -0.15) is 4.31 Å². The number of amides is 1. The Labute approximate surface area is 165 Å². The van der Waals surface area contributed by atoms with Crippen LogP contribution >= 0.6 is 11.6 Å². The predicted molar refractivity (Wildman–Crippen MR) is 107 cm³/mol. The first kappa shape index (κ1) is 21.2. The number of nitrogens with one attached hydrogen (secondary N) is 1. The molecular formula is C19H23ClN2O4S. The molecule has 2 rings (SSSR count). The lowest BCUT2D eigenvalue weighted by Crippen LogP contribution is -2.35. The second-order valence-corrected chi connectivity index (χ2v) is 8.77. The maximum atomic E-state index is 13.0. The molecule has 0 unspecified atom stereocenters. The molecule has 0 aliphatic heterocycles. The number of nitrogens with zero attached hydrogens (tertiary/aromatic N) is 1. The fourth-order valence-electron chi connectivity index (χ4n) is 2.46. The minimum atomic E-state index is -3.92. The lowest BCUT2D eigenvalue weighted by Gasteiger charge is -2.20. The van der Waals surface area contributed by atoms with Gasteiger partial charge in [-0.05, 0) is 35.7 Å². The summed E-state index contributed by atoms with van der Waals surface area (Å²) in [4.78, 5) is 12.3. The second-order valence-electron chi connectivity index (χ2n) is 6.35. The molecule has 1 N–H and O–H groups in total. The van der Waals surface area contributed by atoms with Crippen LogP contribution in [0.3, 0.4) is 0 Å². The monoisotopic (exact) mass is 410 g/mol. The van der Waals surface area contributed by atoms with Crippen LogP contribution in [0.25, 0.3) is 0 Å². The molecule has 0 saturated heterocycles. The molecule has 0 spiro atoms. The van der Waals surface area contributed by atoms with Crippen LogP contribution in [0.4, 0.5) is 5.69 Å². The summed E-state index contributed by atoms with van der Waals surface area (Å²) >= 11 is 6.01. The maximum absolute atomic E-state index is 13.0. The van der Waals surface area contributed by atoms with Crippen molar-refractivity contribution in [2.24, 2.45) is 0 Å². The molecule has 1 amide bonds. The Morgan fingerprint density at radius 3 is 2.48 bits per heavy atom. The first-order chi connectivity index (χ1) is 12.7. The average molecular weight is 411 g/mol. The van der Waals surface area contributed by atoms with Crippen molar-refractivity contribution in [3.8, 4) is 5.75 Å². The number of hydrogen-bond acceptors (Lipinski definition) is 4. The van der Waals surface area contributed by atoms with Crippen LogP contribution < -0.4 is 10.1 Å². The number of carbonyl (C=O) groups excluding carboxylic acids is 1. The van der Waals surface area contributed by atoms with Crippen molar-refractivity contribution in [1.29, 1.82) is 0 Å². The van der Waals surface area contributed by atoms with E-state index in [1.807, 2.05) is 19.9 Å². The van der Waals surface area contributed by atoms with E-state index < -0.39 is 15.9 Å². The van der Waals surface area contributed by atoms with Gasteiger partial charge in [0.15, 0.2) is 0 Å². The average Bonchev–Trinajstić information content (AvgIpc) is 2.62. The molecule has 0 radical (unpaired) electrons. The first-order valence-electron chi connectivity index (χ1n) is 8.35. The van der Waals surface area contributed by atoms with Crippen LogP contribution in [-0.4, -0.2) is 39.3 Å². The maximum Gasteiger partial charge on any atom is 0.246 e. The van der Waals surface area contributed by atoms with E-state index in [0.29, 0.717) is 10.7 Å². The summed E-state index contributed by atoms with van der Waals surface area (Å²) in [5, 5.41) is 2.99. The number of anilines is 1. The van der Waals surface area contributed by atoms with Gasteiger partial charge in [-0.25, -0.2) is 8.42 Å². The summed E-state index contributed by atoms with van der Waals surface area (Å²) < 4.78 is 32.2. The van der Waals surface area contributed by atoms with Crippen molar-refractivity contribution in [3.05, 3.63) is 53.1 Å². The Balaban J connectivity index is 2.24. The van der Waals surface area contributed by atoms with E-state index in [-0.39, 0.29) is 23.1 Å².